The van der Waals surface area contributed by atoms with Crippen LogP contribution in [0.15, 0.2) is 41.7 Å². The third-order valence-corrected chi connectivity index (χ3v) is 3.67. The average molecular weight is 352 g/mol. The number of benzene rings is 1. The molecule has 0 saturated heterocycles. The molecule has 1 heterocycles. The van der Waals surface area contributed by atoms with Gasteiger partial charge in [-0.2, -0.15) is 18.4 Å². The Bertz CT molecular complexity index is 774. The largest absolute Gasteiger partial charge is 0.433 e. The first-order valence-corrected chi connectivity index (χ1v) is 7.71. The van der Waals surface area contributed by atoms with Gasteiger partial charge in [0.25, 0.3) is 0 Å². The minimum atomic E-state index is -4.53. The van der Waals surface area contributed by atoms with E-state index in [1.54, 1.807) is 24.3 Å². The number of aromatic nitrogens is 2. The third-order valence-electron chi connectivity index (χ3n) is 2.81. The molecule has 24 heavy (non-hydrogen) atoms. The highest BCUT2D eigenvalue weighted by molar-refractivity contribution is 7.99. The molecule has 0 fully saturated rings. The van der Waals surface area contributed by atoms with Crippen molar-refractivity contribution in [2.45, 2.75) is 17.8 Å². The van der Waals surface area contributed by atoms with Gasteiger partial charge in [0, 0.05) is 18.4 Å². The molecule has 0 atom stereocenters. The molecule has 1 amide bonds. The van der Waals surface area contributed by atoms with Crippen LogP contribution in [-0.4, -0.2) is 21.6 Å². The summed E-state index contributed by atoms with van der Waals surface area (Å²) in [6.07, 6.45) is -3.46. The summed E-state index contributed by atoms with van der Waals surface area (Å²) in [4.78, 5) is 19.0. The van der Waals surface area contributed by atoms with Gasteiger partial charge in [-0.3, -0.25) is 4.79 Å². The Balaban J connectivity index is 1.88. The summed E-state index contributed by atoms with van der Waals surface area (Å²) in [5.74, 6) is -0.140. The maximum atomic E-state index is 12.5. The number of carbonyl (C=O) groups is 1. The molecule has 2 rings (SSSR count). The Labute approximate surface area is 139 Å². The third kappa shape index (κ3) is 4.96. The lowest BCUT2D eigenvalue weighted by Gasteiger charge is -2.07. The van der Waals surface area contributed by atoms with Gasteiger partial charge in [0.1, 0.15) is 11.8 Å². The summed E-state index contributed by atoms with van der Waals surface area (Å²) in [5, 5.41) is 11.5. The smallest absolute Gasteiger partial charge is 0.325 e. The summed E-state index contributed by atoms with van der Waals surface area (Å²) < 4.78 is 37.6. The first kappa shape index (κ1) is 17.7. The van der Waals surface area contributed by atoms with Gasteiger partial charge >= 0.3 is 6.18 Å². The fraction of sp³-hybridized carbons (Fsp3) is 0.200. The van der Waals surface area contributed by atoms with Crippen molar-refractivity contribution in [3.05, 3.63) is 47.8 Å². The normalized spacial score (nSPS) is 10.9. The van der Waals surface area contributed by atoms with Crippen LogP contribution in [0.5, 0.6) is 0 Å². The summed E-state index contributed by atoms with van der Waals surface area (Å²) >= 11 is 0.951. The Morgan fingerprint density at radius 1 is 1.29 bits per heavy atom. The van der Waals surface area contributed by atoms with Crippen LogP contribution < -0.4 is 5.32 Å². The average Bonchev–Trinajstić information content (AvgIpc) is 2.55. The number of nitrogens with zero attached hydrogens (tertiary/aromatic N) is 3. The number of rotatable bonds is 5. The Morgan fingerprint density at radius 3 is 2.75 bits per heavy atom. The van der Waals surface area contributed by atoms with Crippen LogP contribution in [0.2, 0.25) is 0 Å². The van der Waals surface area contributed by atoms with Crippen molar-refractivity contribution in [1.29, 1.82) is 5.26 Å². The molecular formula is C15H11F3N4OS. The van der Waals surface area contributed by atoms with E-state index in [0.717, 1.165) is 24.0 Å². The fourth-order valence-corrected chi connectivity index (χ4v) is 2.47. The van der Waals surface area contributed by atoms with Crippen molar-refractivity contribution in [3.63, 3.8) is 0 Å². The molecule has 0 unspecified atom stereocenters. The number of hydrogen-bond acceptors (Lipinski definition) is 5. The molecule has 5 nitrogen and oxygen atoms in total. The summed E-state index contributed by atoms with van der Waals surface area (Å²) in [7, 11) is 0. The second-order valence-electron chi connectivity index (χ2n) is 4.53. The molecule has 0 spiro atoms. The van der Waals surface area contributed by atoms with Crippen LogP contribution >= 0.6 is 11.8 Å². The number of amides is 1. The number of carbonyl (C=O) groups excluding carboxylic acids is 1. The standard InChI is InChI=1S/C15H11F3N4OS/c16-15(17,18)12-5-7-20-14(22-12)24-8-6-13(23)21-11-4-2-1-3-10(11)9-19/h1-5,7H,6,8H2,(H,21,23). The summed E-state index contributed by atoms with van der Waals surface area (Å²) in [5.41, 5.74) is -0.294. The van der Waals surface area contributed by atoms with Gasteiger partial charge in [-0.1, -0.05) is 23.9 Å². The lowest BCUT2D eigenvalue weighted by atomic mass is 10.2. The molecule has 0 aliphatic heterocycles. The van der Waals surface area contributed by atoms with E-state index in [1.165, 1.54) is 0 Å². The SMILES string of the molecule is N#Cc1ccccc1NC(=O)CCSc1nccc(C(F)(F)F)n1. The molecule has 1 N–H and O–H groups in total. The Kier molecular flexibility index (Phi) is 5.76. The van der Waals surface area contributed by atoms with Crippen LogP contribution in [0.25, 0.3) is 0 Å². The minimum Gasteiger partial charge on any atom is -0.325 e. The van der Waals surface area contributed by atoms with Crippen LogP contribution in [0.4, 0.5) is 18.9 Å². The number of hydrogen-bond donors (Lipinski definition) is 1. The predicted molar refractivity (Wildman–Crippen MR) is 82.2 cm³/mol. The van der Waals surface area contributed by atoms with Gasteiger partial charge in [0.15, 0.2) is 5.16 Å². The summed E-state index contributed by atoms with van der Waals surface area (Å²) in [6.45, 7) is 0. The van der Waals surface area contributed by atoms with E-state index in [2.05, 4.69) is 15.3 Å². The number of halogens is 3. The molecule has 0 radical (unpaired) electrons. The molecule has 124 valence electrons. The highest BCUT2D eigenvalue weighted by atomic mass is 32.2. The molecule has 1 aromatic carbocycles. The van der Waals surface area contributed by atoms with E-state index in [0.29, 0.717) is 11.3 Å². The lowest BCUT2D eigenvalue weighted by Crippen LogP contribution is -2.13. The maximum absolute atomic E-state index is 12.5. The summed E-state index contributed by atoms with van der Waals surface area (Å²) in [6, 6.07) is 9.27. The topological polar surface area (TPSA) is 78.7 Å². The number of thioether (sulfide) groups is 1. The van der Waals surface area contributed by atoms with Crippen LogP contribution in [-0.2, 0) is 11.0 Å². The van der Waals surface area contributed by atoms with Gasteiger partial charge in [-0.05, 0) is 18.2 Å². The molecular weight excluding hydrogens is 341 g/mol. The van der Waals surface area contributed by atoms with Crippen molar-refractivity contribution < 1.29 is 18.0 Å². The van der Waals surface area contributed by atoms with Crippen molar-refractivity contribution in [2.24, 2.45) is 0 Å². The molecule has 0 bridgehead atoms. The van der Waals surface area contributed by atoms with Crippen LogP contribution in [0, 0.1) is 11.3 Å². The first-order valence-electron chi connectivity index (χ1n) is 6.72. The highest BCUT2D eigenvalue weighted by Gasteiger charge is 2.32. The highest BCUT2D eigenvalue weighted by Crippen LogP contribution is 2.28. The van der Waals surface area contributed by atoms with Gasteiger partial charge < -0.3 is 5.32 Å². The Hall–Kier alpha value is -2.60. The quantitative estimate of drug-likeness (QED) is 0.658. The van der Waals surface area contributed by atoms with Crippen molar-refractivity contribution in [2.75, 3.05) is 11.1 Å². The van der Waals surface area contributed by atoms with Gasteiger partial charge in [-0.25, -0.2) is 9.97 Å². The molecule has 0 aliphatic rings. The second-order valence-corrected chi connectivity index (χ2v) is 5.59. The monoisotopic (exact) mass is 352 g/mol. The zero-order valence-corrected chi connectivity index (χ0v) is 13.0. The number of alkyl halides is 3. The molecule has 0 saturated carbocycles. The zero-order chi connectivity index (χ0) is 17.6. The van der Waals surface area contributed by atoms with Crippen LogP contribution in [0.1, 0.15) is 17.7 Å². The first-order chi connectivity index (χ1) is 11.4. The van der Waals surface area contributed by atoms with Crippen molar-refractivity contribution in [3.8, 4) is 6.07 Å². The van der Waals surface area contributed by atoms with Crippen molar-refractivity contribution in [1.82, 2.24) is 9.97 Å². The van der Waals surface area contributed by atoms with E-state index in [4.69, 9.17) is 5.26 Å². The van der Waals surface area contributed by atoms with E-state index >= 15 is 0 Å². The van der Waals surface area contributed by atoms with Gasteiger partial charge in [0.2, 0.25) is 5.91 Å². The number of anilines is 1. The molecule has 0 aliphatic carbocycles. The maximum Gasteiger partial charge on any atom is 0.433 e. The molecule has 9 heteroatoms. The Morgan fingerprint density at radius 2 is 2.04 bits per heavy atom. The van der Waals surface area contributed by atoms with E-state index in [9.17, 15) is 18.0 Å². The number of para-hydroxylation sites is 1. The van der Waals surface area contributed by atoms with E-state index in [1.807, 2.05) is 6.07 Å². The number of nitriles is 1. The number of nitrogens with one attached hydrogen (secondary N) is 1. The predicted octanol–water partition coefficient (Wildman–Crippen LogP) is 3.49. The zero-order valence-electron chi connectivity index (χ0n) is 12.2. The van der Waals surface area contributed by atoms with E-state index < -0.39 is 11.9 Å². The lowest BCUT2D eigenvalue weighted by molar-refractivity contribution is -0.141. The van der Waals surface area contributed by atoms with E-state index in [-0.39, 0.29) is 23.2 Å². The fourth-order valence-electron chi connectivity index (χ4n) is 1.71. The van der Waals surface area contributed by atoms with Gasteiger partial charge in [-0.15, -0.1) is 0 Å². The molecule has 2 aromatic rings. The van der Waals surface area contributed by atoms with Crippen molar-refractivity contribution >= 4 is 23.4 Å². The second kappa shape index (κ2) is 7.79. The van der Waals surface area contributed by atoms with Crippen LogP contribution in [0.3, 0.4) is 0 Å². The minimum absolute atomic E-state index is 0.0457. The van der Waals surface area contributed by atoms with Gasteiger partial charge in [0.05, 0.1) is 11.3 Å². The molecule has 1 aromatic heterocycles.